The number of nitrogens with zero attached hydrogens (tertiary/aromatic N) is 2. The van der Waals surface area contributed by atoms with Crippen molar-refractivity contribution in [3.8, 4) is 0 Å². The van der Waals surface area contributed by atoms with Gasteiger partial charge < -0.3 is 10.2 Å². The summed E-state index contributed by atoms with van der Waals surface area (Å²) in [5, 5.41) is 4.21. The third-order valence-corrected chi connectivity index (χ3v) is 4.35. The highest BCUT2D eigenvalue weighted by molar-refractivity contribution is 8.00. The number of anilines is 1. The van der Waals surface area contributed by atoms with Gasteiger partial charge in [0.2, 0.25) is 0 Å². The number of nitrogens with one attached hydrogen (secondary N) is 1. The molecule has 2 rings (SSSR count). The van der Waals surface area contributed by atoms with Crippen LogP contribution in [0.5, 0.6) is 0 Å². The van der Waals surface area contributed by atoms with Gasteiger partial charge in [-0.3, -0.25) is 9.78 Å². The molecular weight excluding hydrogens is 258 g/mol. The number of pyridine rings is 1. The highest BCUT2D eigenvalue weighted by Gasteiger charge is 2.27. The standard InChI is InChI=1S/C14H21N3OS/c1-4-16-13-5-6-15-7-12(13)14(18)17-8-10(2)19-11(3)9-17/h5-7,10-11H,4,8-9H2,1-3H3,(H,15,16). The van der Waals surface area contributed by atoms with Crippen molar-refractivity contribution in [3.05, 3.63) is 24.0 Å². The van der Waals surface area contributed by atoms with E-state index in [0.29, 0.717) is 16.1 Å². The van der Waals surface area contributed by atoms with E-state index in [4.69, 9.17) is 0 Å². The van der Waals surface area contributed by atoms with Crippen LogP contribution < -0.4 is 5.32 Å². The van der Waals surface area contributed by atoms with E-state index in [9.17, 15) is 4.79 Å². The summed E-state index contributed by atoms with van der Waals surface area (Å²) in [6, 6.07) is 1.86. The fourth-order valence-electron chi connectivity index (χ4n) is 2.42. The quantitative estimate of drug-likeness (QED) is 0.923. The topological polar surface area (TPSA) is 45.2 Å². The molecule has 0 aliphatic carbocycles. The maximum atomic E-state index is 12.6. The lowest BCUT2D eigenvalue weighted by Gasteiger charge is -2.34. The first-order chi connectivity index (χ1) is 9.11. The summed E-state index contributed by atoms with van der Waals surface area (Å²) < 4.78 is 0. The Morgan fingerprint density at radius 2 is 2.16 bits per heavy atom. The Labute approximate surface area is 119 Å². The molecule has 1 N–H and O–H groups in total. The SMILES string of the molecule is CCNc1ccncc1C(=O)N1CC(C)SC(C)C1. The number of carbonyl (C=O) groups is 1. The zero-order valence-electron chi connectivity index (χ0n) is 11.7. The first-order valence-corrected chi connectivity index (χ1v) is 7.68. The van der Waals surface area contributed by atoms with Crippen molar-refractivity contribution in [1.29, 1.82) is 0 Å². The van der Waals surface area contributed by atoms with Crippen molar-refractivity contribution in [1.82, 2.24) is 9.88 Å². The smallest absolute Gasteiger partial charge is 0.257 e. The predicted molar refractivity (Wildman–Crippen MR) is 80.8 cm³/mol. The van der Waals surface area contributed by atoms with Gasteiger partial charge in [-0.15, -0.1) is 0 Å². The zero-order chi connectivity index (χ0) is 13.8. The van der Waals surface area contributed by atoms with Gasteiger partial charge in [0.05, 0.1) is 11.3 Å². The number of rotatable bonds is 3. The van der Waals surface area contributed by atoms with Crippen LogP contribution in [0.1, 0.15) is 31.1 Å². The van der Waals surface area contributed by atoms with Gasteiger partial charge in [-0.05, 0) is 13.0 Å². The summed E-state index contributed by atoms with van der Waals surface area (Å²) in [5.74, 6) is 0.0862. The molecule has 2 unspecified atom stereocenters. The van der Waals surface area contributed by atoms with Crippen LogP contribution in [0, 0.1) is 0 Å². The molecule has 1 aromatic heterocycles. The van der Waals surface area contributed by atoms with Gasteiger partial charge in [0.25, 0.3) is 5.91 Å². The summed E-state index contributed by atoms with van der Waals surface area (Å²) in [7, 11) is 0. The number of carbonyl (C=O) groups excluding carboxylic acids is 1. The minimum atomic E-state index is 0.0862. The predicted octanol–water partition coefficient (Wildman–Crippen LogP) is 2.48. The van der Waals surface area contributed by atoms with E-state index >= 15 is 0 Å². The van der Waals surface area contributed by atoms with E-state index in [2.05, 4.69) is 24.1 Å². The van der Waals surface area contributed by atoms with Gasteiger partial charge in [0.1, 0.15) is 0 Å². The lowest BCUT2D eigenvalue weighted by atomic mass is 10.2. The second-order valence-electron chi connectivity index (χ2n) is 4.92. The molecule has 1 aliphatic heterocycles. The molecule has 0 saturated carbocycles. The number of hydrogen-bond donors (Lipinski definition) is 1. The van der Waals surface area contributed by atoms with Crippen molar-refractivity contribution in [2.24, 2.45) is 0 Å². The van der Waals surface area contributed by atoms with E-state index in [0.717, 1.165) is 25.3 Å². The maximum absolute atomic E-state index is 12.6. The Hall–Kier alpha value is -1.23. The molecule has 1 aliphatic rings. The first-order valence-electron chi connectivity index (χ1n) is 6.74. The molecule has 2 heterocycles. The molecule has 0 aromatic carbocycles. The highest BCUT2D eigenvalue weighted by Crippen LogP contribution is 2.26. The van der Waals surface area contributed by atoms with Crippen molar-refractivity contribution in [3.63, 3.8) is 0 Å². The average molecular weight is 279 g/mol. The summed E-state index contributed by atoms with van der Waals surface area (Å²) in [4.78, 5) is 18.7. The van der Waals surface area contributed by atoms with Crippen LogP contribution in [-0.4, -0.2) is 45.9 Å². The average Bonchev–Trinajstić information content (AvgIpc) is 2.38. The van der Waals surface area contributed by atoms with Crippen LogP contribution in [0.25, 0.3) is 0 Å². The number of aromatic nitrogens is 1. The third-order valence-electron chi connectivity index (χ3n) is 3.13. The van der Waals surface area contributed by atoms with Gasteiger partial charge in [0.15, 0.2) is 0 Å². The van der Waals surface area contributed by atoms with Crippen LogP contribution in [-0.2, 0) is 0 Å². The molecule has 1 amide bonds. The molecule has 4 nitrogen and oxygen atoms in total. The third kappa shape index (κ3) is 3.41. The molecule has 0 spiro atoms. The van der Waals surface area contributed by atoms with Gasteiger partial charge in [-0.1, -0.05) is 13.8 Å². The molecule has 0 bridgehead atoms. The van der Waals surface area contributed by atoms with Gasteiger partial charge in [-0.2, -0.15) is 11.8 Å². The van der Waals surface area contributed by atoms with Crippen LogP contribution in [0.3, 0.4) is 0 Å². The van der Waals surface area contributed by atoms with E-state index in [-0.39, 0.29) is 5.91 Å². The van der Waals surface area contributed by atoms with Gasteiger partial charge in [0, 0.05) is 42.5 Å². The molecule has 1 aromatic rings. The van der Waals surface area contributed by atoms with E-state index in [1.165, 1.54) is 0 Å². The lowest BCUT2D eigenvalue weighted by Crippen LogP contribution is -2.44. The fourth-order valence-corrected chi connectivity index (χ4v) is 3.75. The van der Waals surface area contributed by atoms with Crippen molar-refractivity contribution in [2.45, 2.75) is 31.3 Å². The van der Waals surface area contributed by atoms with Crippen molar-refractivity contribution >= 4 is 23.4 Å². The number of thioether (sulfide) groups is 1. The molecular formula is C14H21N3OS. The molecule has 19 heavy (non-hydrogen) atoms. The minimum absolute atomic E-state index is 0.0862. The Balaban J connectivity index is 2.19. The zero-order valence-corrected chi connectivity index (χ0v) is 12.5. The second-order valence-corrected chi connectivity index (χ2v) is 6.80. The van der Waals surface area contributed by atoms with Crippen LogP contribution >= 0.6 is 11.8 Å². The summed E-state index contributed by atoms with van der Waals surface area (Å²) in [6.07, 6.45) is 3.38. The number of amides is 1. The highest BCUT2D eigenvalue weighted by atomic mass is 32.2. The van der Waals surface area contributed by atoms with E-state index in [1.54, 1.807) is 12.4 Å². The maximum Gasteiger partial charge on any atom is 0.257 e. The Bertz CT molecular complexity index is 442. The molecule has 2 atom stereocenters. The lowest BCUT2D eigenvalue weighted by molar-refractivity contribution is 0.0754. The van der Waals surface area contributed by atoms with Gasteiger partial charge in [-0.25, -0.2) is 0 Å². The van der Waals surface area contributed by atoms with Crippen LogP contribution in [0.4, 0.5) is 5.69 Å². The Morgan fingerprint density at radius 1 is 1.47 bits per heavy atom. The normalized spacial score (nSPS) is 23.2. The van der Waals surface area contributed by atoms with Crippen molar-refractivity contribution in [2.75, 3.05) is 25.0 Å². The van der Waals surface area contributed by atoms with E-state index < -0.39 is 0 Å². The summed E-state index contributed by atoms with van der Waals surface area (Å²) in [6.45, 7) is 8.80. The van der Waals surface area contributed by atoms with Gasteiger partial charge >= 0.3 is 0 Å². The second kappa shape index (κ2) is 6.28. The summed E-state index contributed by atoms with van der Waals surface area (Å²) in [5.41, 5.74) is 1.55. The molecule has 0 radical (unpaired) electrons. The number of hydrogen-bond acceptors (Lipinski definition) is 4. The Kier molecular flexibility index (Phi) is 4.69. The van der Waals surface area contributed by atoms with Crippen LogP contribution in [0.2, 0.25) is 0 Å². The monoisotopic (exact) mass is 279 g/mol. The largest absolute Gasteiger partial charge is 0.385 e. The summed E-state index contributed by atoms with van der Waals surface area (Å²) >= 11 is 1.95. The molecule has 5 heteroatoms. The Morgan fingerprint density at radius 3 is 2.79 bits per heavy atom. The van der Waals surface area contributed by atoms with E-state index in [1.807, 2.05) is 29.7 Å². The molecule has 104 valence electrons. The molecule has 1 fully saturated rings. The molecule has 1 saturated heterocycles. The first kappa shape index (κ1) is 14.2. The fraction of sp³-hybridized carbons (Fsp3) is 0.571. The minimum Gasteiger partial charge on any atom is -0.385 e. The van der Waals surface area contributed by atoms with Crippen molar-refractivity contribution < 1.29 is 4.79 Å². The van der Waals surface area contributed by atoms with Crippen LogP contribution in [0.15, 0.2) is 18.5 Å².